The summed E-state index contributed by atoms with van der Waals surface area (Å²) in [5, 5.41) is 12.1. The van der Waals surface area contributed by atoms with Crippen molar-refractivity contribution < 1.29 is 14.0 Å². The van der Waals surface area contributed by atoms with E-state index in [1.54, 1.807) is 12.1 Å². The number of nitrogens with zero attached hydrogens (tertiary/aromatic N) is 4. The Balaban J connectivity index is 1.43. The van der Waals surface area contributed by atoms with E-state index >= 15 is 0 Å². The third-order valence-electron chi connectivity index (χ3n) is 4.86. The van der Waals surface area contributed by atoms with Gasteiger partial charge in [0.25, 0.3) is 5.91 Å². The highest BCUT2D eigenvalue weighted by atomic mass is 32.2. The van der Waals surface area contributed by atoms with Gasteiger partial charge in [-0.1, -0.05) is 36.0 Å². The average molecular weight is 435 g/mol. The minimum absolute atomic E-state index is 0.127. The average Bonchev–Trinajstić information content (AvgIpc) is 3.12. The highest BCUT2D eigenvalue weighted by Crippen LogP contribution is 2.34. The molecular formula is C22H18FN5O2S. The monoisotopic (exact) mass is 435 g/mol. The van der Waals surface area contributed by atoms with Crippen molar-refractivity contribution in [3.8, 4) is 6.07 Å². The summed E-state index contributed by atoms with van der Waals surface area (Å²) in [5.41, 5.74) is 2.24. The first-order valence-electron chi connectivity index (χ1n) is 9.67. The van der Waals surface area contributed by atoms with Crippen LogP contribution in [-0.2, 0) is 16.1 Å². The summed E-state index contributed by atoms with van der Waals surface area (Å²) in [7, 11) is 0. The fraction of sp³-hybridized carbons (Fsp3) is 0.227. The van der Waals surface area contributed by atoms with E-state index < -0.39 is 6.04 Å². The highest BCUT2D eigenvalue weighted by molar-refractivity contribution is 8.14. The molecule has 9 heteroatoms. The second-order valence-electron chi connectivity index (χ2n) is 6.94. The van der Waals surface area contributed by atoms with E-state index in [0.29, 0.717) is 16.7 Å². The second-order valence-corrected chi connectivity index (χ2v) is 7.88. The quantitative estimate of drug-likeness (QED) is 0.754. The third-order valence-corrected chi connectivity index (χ3v) is 5.67. The Morgan fingerprint density at radius 2 is 2.00 bits per heavy atom. The molecule has 2 aliphatic heterocycles. The number of carbonyl (C=O) groups excluding carboxylic acids is 2. The number of halogens is 1. The van der Waals surface area contributed by atoms with Gasteiger partial charge in [-0.15, -0.1) is 0 Å². The van der Waals surface area contributed by atoms with Gasteiger partial charge < -0.3 is 5.32 Å². The molecule has 0 bridgehead atoms. The molecule has 1 atom stereocenters. The Kier molecular flexibility index (Phi) is 6.09. The van der Waals surface area contributed by atoms with Gasteiger partial charge in [0, 0.05) is 18.5 Å². The van der Waals surface area contributed by atoms with E-state index in [2.05, 4.69) is 15.3 Å². The number of aliphatic imine (C=N–C) groups is 2. The molecule has 0 aromatic heterocycles. The number of amidine groups is 2. The van der Waals surface area contributed by atoms with Crippen LogP contribution in [0.15, 0.2) is 58.5 Å². The smallest absolute Gasteiger partial charge is 0.259 e. The van der Waals surface area contributed by atoms with Crippen LogP contribution in [0.1, 0.15) is 24.0 Å². The van der Waals surface area contributed by atoms with Gasteiger partial charge in [0.1, 0.15) is 17.7 Å². The Hall–Kier alpha value is -3.51. The number of thioether (sulfide) groups is 1. The zero-order valence-electron chi connectivity index (χ0n) is 16.4. The number of nitrogens with one attached hydrogen (secondary N) is 1. The zero-order chi connectivity index (χ0) is 21.8. The maximum absolute atomic E-state index is 13.0. The molecule has 0 saturated heterocycles. The number of hydrogen-bond acceptors (Lipinski definition) is 6. The van der Waals surface area contributed by atoms with E-state index in [4.69, 9.17) is 5.26 Å². The van der Waals surface area contributed by atoms with Crippen molar-refractivity contribution in [2.45, 2.75) is 25.4 Å². The molecule has 2 aromatic rings. The summed E-state index contributed by atoms with van der Waals surface area (Å²) in [6.07, 6.45) is 0.383. The minimum Gasteiger partial charge on any atom is -0.352 e. The summed E-state index contributed by atoms with van der Waals surface area (Å²) in [5.74, 6) is -0.125. The van der Waals surface area contributed by atoms with Crippen molar-refractivity contribution in [2.75, 3.05) is 5.75 Å². The molecule has 4 rings (SSSR count). The maximum atomic E-state index is 13.0. The summed E-state index contributed by atoms with van der Waals surface area (Å²) < 4.78 is 13.0. The summed E-state index contributed by atoms with van der Waals surface area (Å²) in [6, 6.07) is 14.6. The van der Waals surface area contributed by atoms with Crippen LogP contribution in [0.3, 0.4) is 0 Å². The molecule has 2 aromatic carbocycles. The van der Waals surface area contributed by atoms with E-state index in [1.165, 1.54) is 28.8 Å². The molecule has 0 spiro atoms. The van der Waals surface area contributed by atoms with Gasteiger partial charge >= 0.3 is 0 Å². The molecule has 0 aliphatic carbocycles. The molecule has 7 nitrogen and oxygen atoms in total. The van der Waals surface area contributed by atoms with Crippen LogP contribution < -0.4 is 5.32 Å². The van der Waals surface area contributed by atoms with Crippen LogP contribution in [-0.4, -0.2) is 39.5 Å². The summed E-state index contributed by atoms with van der Waals surface area (Å²) in [6.45, 7) is 0.285. The Bertz CT molecular complexity index is 1120. The number of rotatable bonds is 6. The molecule has 1 N–H and O–H groups in total. The van der Waals surface area contributed by atoms with Crippen LogP contribution in [0.25, 0.3) is 0 Å². The molecule has 0 fully saturated rings. The molecular weight excluding hydrogens is 417 g/mol. The predicted octanol–water partition coefficient (Wildman–Crippen LogP) is 3.14. The van der Waals surface area contributed by atoms with E-state index in [1.807, 2.05) is 30.3 Å². The van der Waals surface area contributed by atoms with E-state index in [-0.39, 0.29) is 42.8 Å². The first kappa shape index (κ1) is 20.8. The molecule has 0 saturated carbocycles. The van der Waals surface area contributed by atoms with Crippen molar-refractivity contribution in [3.05, 3.63) is 65.5 Å². The van der Waals surface area contributed by atoms with E-state index in [0.717, 1.165) is 11.1 Å². The Morgan fingerprint density at radius 1 is 1.23 bits per heavy atom. The van der Waals surface area contributed by atoms with Crippen molar-refractivity contribution >= 4 is 40.3 Å². The van der Waals surface area contributed by atoms with E-state index in [9.17, 15) is 14.0 Å². The van der Waals surface area contributed by atoms with Gasteiger partial charge in [-0.2, -0.15) is 5.26 Å². The van der Waals surface area contributed by atoms with Crippen LogP contribution in [0.5, 0.6) is 0 Å². The summed E-state index contributed by atoms with van der Waals surface area (Å²) >= 11 is 1.18. The fourth-order valence-electron chi connectivity index (χ4n) is 3.34. The van der Waals surface area contributed by atoms with Gasteiger partial charge in [-0.3, -0.25) is 14.6 Å². The number of amides is 2. The SMILES string of the molecule is N#CCSC1=Nc2ccccc2C2=NC(CCC(=O)NCc3ccc(F)cc3)C(=O)N12. The second kappa shape index (κ2) is 9.10. The van der Waals surface area contributed by atoms with Crippen molar-refractivity contribution in [3.63, 3.8) is 0 Å². The van der Waals surface area contributed by atoms with Gasteiger partial charge in [-0.25, -0.2) is 14.3 Å². The molecule has 31 heavy (non-hydrogen) atoms. The number of para-hydroxylation sites is 1. The van der Waals surface area contributed by atoms with Crippen LogP contribution in [0.4, 0.5) is 10.1 Å². The normalized spacial score (nSPS) is 16.7. The summed E-state index contributed by atoms with van der Waals surface area (Å²) in [4.78, 5) is 35.8. The number of fused-ring (bicyclic) bond motifs is 3. The Morgan fingerprint density at radius 3 is 2.77 bits per heavy atom. The molecule has 2 heterocycles. The van der Waals surface area contributed by atoms with Crippen molar-refractivity contribution in [2.24, 2.45) is 9.98 Å². The van der Waals surface area contributed by atoms with Crippen molar-refractivity contribution in [1.82, 2.24) is 10.2 Å². The number of carbonyl (C=O) groups is 2. The first-order chi connectivity index (χ1) is 15.1. The lowest BCUT2D eigenvalue weighted by molar-refractivity contribution is -0.125. The van der Waals surface area contributed by atoms with Crippen molar-refractivity contribution in [1.29, 1.82) is 5.26 Å². The largest absolute Gasteiger partial charge is 0.352 e. The fourth-order valence-corrected chi connectivity index (χ4v) is 4.00. The number of hydrogen-bond donors (Lipinski definition) is 1. The molecule has 2 amide bonds. The first-order valence-corrected chi connectivity index (χ1v) is 10.7. The molecule has 2 aliphatic rings. The lowest BCUT2D eigenvalue weighted by atomic mass is 10.1. The Labute approximate surface area is 182 Å². The van der Waals surface area contributed by atoms with Gasteiger partial charge in [0.15, 0.2) is 5.17 Å². The zero-order valence-corrected chi connectivity index (χ0v) is 17.2. The number of benzene rings is 2. The predicted molar refractivity (Wildman–Crippen MR) is 116 cm³/mol. The maximum Gasteiger partial charge on any atom is 0.259 e. The third kappa shape index (κ3) is 4.49. The molecule has 0 radical (unpaired) electrons. The lowest BCUT2D eigenvalue weighted by Gasteiger charge is -2.25. The van der Waals surface area contributed by atoms with Crippen LogP contribution in [0.2, 0.25) is 0 Å². The van der Waals surface area contributed by atoms with Gasteiger partial charge in [0.2, 0.25) is 5.91 Å². The molecule has 156 valence electrons. The minimum atomic E-state index is -0.689. The number of nitriles is 1. The van der Waals surface area contributed by atoms with Crippen LogP contribution >= 0.6 is 11.8 Å². The standard InChI is InChI=1S/C22H18FN5O2S/c23-15-7-5-14(6-8-15)13-25-19(29)10-9-18-21(30)28-20(26-18)16-3-1-2-4-17(16)27-22(28)31-12-11-24/h1-8,18H,9-10,12-13H2,(H,25,29). The lowest BCUT2D eigenvalue weighted by Crippen LogP contribution is -2.41. The van der Waals surface area contributed by atoms with Crippen LogP contribution in [0, 0.1) is 17.1 Å². The highest BCUT2D eigenvalue weighted by Gasteiger charge is 2.41. The molecule has 1 unspecified atom stereocenters. The topological polar surface area (TPSA) is 97.9 Å². The van der Waals surface area contributed by atoms with Gasteiger partial charge in [0.05, 0.1) is 17.5 Å². The van der Waals surface area contributed by atoms with Gasteiger partial charge in [-0.05, 0) is 36.2 Å².